The van der Waals surface area contributed by atoms with Crippen LogP contribution in [0.25, 0.3) is 6.08 Å². The molecule has 150 valence electrons. The number of aryl methyl sites for hydroxylation is 1. The molecule has 30 heavy (non-hydrogen) atoms. The molecule has 0 aromatic heterocycles. The van der Waals surface area contributed by atoms with Gasteiger partial charge in [-0.1, -0.05) is 63.4 Å². The zero-order chi connectivity index (χ0) is 21.5. The predicted octanol–water partition coefficient (Wildman–Crippen LogP) is 6.54. The third-order valence-electron chi connectivity index (χ3n) is 4.20. The van der Waals surface area contributed by atoms with Gasteiger partial charge in [0, 0.05) is 20.7 Å². The molecule has 3 aromatic carbocycles. The highest BCUT2D eigenvalue weighted by Crippen LogP contribution is 2.27. The van der Waals surface area contributed by atoms with Crippen LogP contribution in [0.3, 0.4) is 0 Å². The van der Waals surface area contributed by atoms with E-state index in [1.165, 1.54) is 6.08 Å². The van der Waals surface area contributed by atoms with Crippen LogP contribution in [0, 0.1) is 18.3 Å². The molecule has 1 N–H and O–H groups in total. The van der Waals surface area contributed by atoms with E-state index in [0.29, 0.717) is 28.6 Å². The molecule has 0 aliphatic rings. The number of amides is 1. The van der Waals surface area contributed by atoms with Crippen molar-refractivity contribution in [3.63, 3.8) is 0 Å². The van der Waals surface area contributed by atoms with E-state index in [4.69, 9.17) is 16.3 Å². The second-order valence-electron chi connectivity index (χ2n) is 6.59. The van der Waals surface area contributed by atoms with Crippen LogP contribution < -0.4 is 10.1 Å². The van der Waals surface area contributed by atoms with Crippen LogP contribution in [-0.4, -0.2) is 5.91 Å². The number of anilines is 1. The molecule has 4 nitrogen and oxygen atoms in total. The standard InChI is InChI=1S/C24H18BrClN2O2/c1-16-4-2-5-17(10-16)15-30-23-9-8-20(25)12-18(23)11-19(14-27)24(29)28-22-7-3-6-21(26)13-22/h2-13H,15H2,1H3,(H,28,29)/b19-11+. The average Bonchev–Trinajstić information content (AvgIpc) is 2.71. The first-order valence-corrected chi connectivity index (χ1v) is 10.3. The fourth-order valence-corrected chi connectivity index (χ4v) is 3.36. The molecule has 0 aliphatic heterocycles. The van der Waals surface area contributed by atoms with E-state index in [1.807, 2.05) is 43.3 Å². The fourth-order valence-electron chi connectivity index (χ4n) is 2.80. The molecule has 1 amide bonds. The van der Waals surface area contributed by atoms with E-state index < -0.39 is 5.91 Å². The van der Waals surface area contributed by atoms with Gasteiger partial charge in [-0.25, -0.2) is 0 Å². The third kappa shape index (κ3) is 5.96. The summed E-state index contributed by atoms with van der Waals surface area (Å²) in [7, 11) is 0. The molecule has 0 atom stereocenters. The number of halogens is 2. The van der Waals surface area contributed by atoms with Crippen molar-refractivity contribution in [2.45, 2.75) is 13.5 Å². The van der Waals surface area contributed by atoms with E-state index in [0.717, 1.165) is 15.6 Å². The Bertz CT molecular complexity index is 1150. The van der Waals surface area contributed by atoms with E-state index >= 15 is 0 Å². The number of hydrogen-bond acceptors (Lipinski definition) is 3. The largest absolute Gasteiger partial charge is 0.488 e. The number of carbonyl (C=O) groups excluding carboxylic acids is 1. The summed E-state index contributed by atoms with van der Waals surface area (Å²) in [4.78, 5) is 12.6. The molecule has 3 rings (SSSR count). The van der Waals surface area contributed by atoms with Crippen molar-refractivity contribution in [2.24, 2.45) is 0 Å². The summed E-state index contributed by atoms with van der Waals surface area (Å²) in [5.41, 5.74) is 3.27. The van der Waals surface area contributed by atoms with Crippen LogP contribution in [0.1, 0.15) is 16.7 Å². The van der Waals surface area contributed by atoms with Gasteiger partial charge in [-0.05, 0) is 55.0 Å². The first-order valence-electron chi connectivity index (χ1n) is 9.11. The summed E-state index contributed by atoms with van der Waals surface area (Å²) in [6.45, 7) is 2.40. The normalized spacial score (nSPS) is 10.9. The lowest BCUT2D eigenvalue weighted by molar-refractivity contribution is -0.112. The Morgan fingerprint density at radius 3 is 2.70 bits per heavy atom. The molecule has 3 aromatic rings. The zero-order valence-electron chi connectivity index (χ0n) is 16.2. The van der Waals surface area contributed by atoms with Gasteiger partial charge < -0.3 is 10.1 Å². The number of rotatable bonds is 6. The molecular weight excluding hydrogens is 464 g/mol. The summed E-state index contributed by atoms with van der Waals surface area (Å²) in [5, 5.41) is 12.7. The van der Waals surface area contributed by atoms with Gasteiger partial charge in [0.05, 0.1) is 0 Å². The molecule has 0 bridgehead atoms. The molecule has 0 heterocycles. The van der Waals surface area contributed by atoms with Crippen LogP contribution in [0.15, 0.2) is 76.8 Å². The smallest absolute Gasteiger partial charge is 0.266 e. The molecular formula is C24H18BrClN2O2. The lowest BCUT2D eigenvalue weighted by Crippen LogP contribution is -2.13. The number of hydrogen-bond donors (Lipinski definition) is 1. The van der Waals surface area contributed by atoms with Gasteiger partial charge >= 0.3 is 0 Å². The van der Waals surface area contributed by atoms with Crippen molar-refractivity contribution >= 4 is 45.2 Å². The third-order valence-corrected chi connectivity index (χ3v) is 4.92. The van der Waals surface area contributed by atoms with Crippen LogP contribution in [0.2, 0.25) is 5.02 Å². The van der Waals surface area contributed by atoms with Crippen LogP contribution in [-0.2, 0) is 11.4 Å². The Morgan fingerprint density at radius 1 is 1.17 bits per heavy atom. The highest BCUT2D eigenvalue weighted by Gasteiger charge is 2.12. The number of nitrogens with zero attached hydrogens (tertiary/aromatic N) is 1. The Balaban J connectivity index is 1.83. The maximum Gasteiger partial charge on any atom is 0.266 e. The minimum atomic E-state index is -0.524. The SMILES string of the molecule is Cc1cccc(COc2ccc(Br)cc2/C=C(\C#N)C(=O)Nc2cccc(Cl)c2)c1. The fraction of sp³-hybridized carbons (Fsp3) is 0.0833. The summed E-state index contributed by atoms with van der Waals surface area (Å²) >= 11 is 9.38. The summed E-state index contributed by atoms with van der Waals surface area (Å²) in [6.07, 6.45) is 1.51. The zero-order valence-corrected chi connectivity index (χ0v) is 18.5. The molecule has 0 aliphatic carbocycles. The van der Waals surface area contributed by atoms with Crippen molar-refractivity contribution in [1.82, 2.24) is 0 Å². The highest BCUT2D eigenvalue weighted by atomic mass is 79.9. The number of nitrogens with one attached hydrogen (secondary N) is 1. The molecule has 0 radical (unpaired) electrons. The van der Waals surface area contributed by atoms with Crippen LogP contribution in [0.5, 0.6) is 5.75 Å². The average molecular weight is 482 g/mol. The van der Waals surface area contributed by atoms with E-state index in [2.05, 4.69) is 21.2 Å². The summed E-state index contributed by atoms with van der Waals surface area (Å²) < 4.78 is 6.78. The van der Waals surface area contributed by atoms with Gasteiger partial charge in [-0.15, -0.1) is 0 Å². The Hall–Kier alpha value is -3.07. The number of benzene rings is 3. The number of nitriles is 1. The van der Waals surface area contributed by atoms with E-state index in [-0.39, 0.29) is 5.57 Å². The maximum absolute atomic E-state index is 12.6. The topological polar surface area (TPSA) is 62.1 Å². The number of ether oxygens (including phenoxy) is 1. The quantitative estimate of drug-likeness (QED) is 0.321. The van der Waals surface area contributed by atoms with Crippen molar-refractivity contribution in [3.05, 3.63) is 98.5 Å². The van der Waals surface area contributed by atoms with Gasteiger partial charge in [0.15, 0.2) is 0 Å². The van der Waals surface area contributed by atoms with Crippen molar-refractivity contribution in [1.29, 1.82) is 5.26 Å². The minimum Gasteiger partial charge on any atom is -0.488 e. The highest BCUT2D eigenvalue weighted by molar-refractivity contribution is 9.10. The first kappa shape index (κ1) is 21.6. The Labute approximate surface area is 188 Å². The number of carbonyl (C=O) groups is 1. The van der Waals surface area contributed by atoms with Gasteiger partial charge in [0.25, 0.3) is 5.91 Å². The van der Waals surface area contributed by atoms with Gasteiger partial charge in [-0.3, -0.25) is 4.79 Å². The van der Waals surface area contributed by atoms with Crippen molar-refractivity contribution in [2.75, 3.05) is 5.32 Å². The van der Waals surface area contributed by atoms with Crippen molar-refractivity contribution in [3.8, 4) is 11.8 Å². The first-order chi connectivity index (χ1) is 14.4. The van der Waals surface area contributed by atoms with Gasteiger partial charge in [0.2, 0.25) is 0 Å². The van der Waals surface area contributed by atoms with Gasteiger partial charge in [0.1, 0.15) is 24.0 Å². The Kier molecular flexibility index (Phi) is 7.29. The molecule has 0 spiro atoms. The van der Waals surface area contributed by atoms with Crippen LogP contribution >= 0.6 is 27.5 Å². The van der Waals surface area contributed by atoms with Crippen LogP contribution in [0.4, 0.5) is 5.69 Å². The Morgan fingerprint density at radius 2 is 1.97 bits per heavy atom. The second kappa shape index (κ2) is 10.1. The molecule has 0 saturated carbocycles. The lowest BCUT2D eigenvalue weighted by atomic mass is 10.1. The second-order valence-corrected chi connectivity index (χ2v) is 7.95. The summed E-state index contributed by atoms with van der Waals surface area (Å²) in [5.74, 6) is 0.0485. The van der Waals surface area contributed by atoms with Crippen molar-refractivity contribution < 1.29 is 9.53 Å². The predicted molar refractivity (Wildman–Crippen MR) is 123 cm³/mol. The lowest BCUT2D eigenvalue weighted by Gasteiger charge is -2.11. The monoisotopic (exact) mass is 480 g/mol. The molecule has 6 heteroatoms. The molecule has 0 fully saturated rings. The minimum absolute atomic E-state index is 0.0477. The summed E-state index contributed by atoms with van der Waals surface area (Å²) in [6, 6.07) is 22.2. The molecule has 0 unspecified atom stereocenters. The van der Waals surface area contributed by atoms with E-state index in [9.17, 15) is 10.1 Å². The van der Waals surface area contributed by atoms with E-state index in [1.54, 1.807) is 36.4 Å². The van der Waals surface area contributed by atoms with Gasteiger partial charge in [-0.2, -0.15) is 5.26 Å². The molecule has 0 saturated heterocycles. The maximum atomic E-state index is 12.6.